The summed E-state index contributed by atoms with van der Waals surface area (Å²) in [6.07, 6.45) is 1.77. The molecule has 20 heavy (non-hydrogen) atoms. The molecule has 0 saturated carbocycles. The molecule has 110 valence electrons. The van der Waals surface area contributed by atoms with Crippen molar-refractivity contribution in [1.29, 1.82) is 0 Å². The zero-order valence-corrected chi connectivity index (χ0v) is 12.7. The summed E-state index contributed by atoms with van der Waals surface area (Å²) in [4.78, 5) is 31.5. The molecule has 2 heterocycles. The second-order valence-electron chi connectivity index (χ2n) is 5.24. The maximum atomic E-state index is 12.1. The summed E-state index contributed by atoms with van der Waals surface area (Å²) in [7, 11) is 3.54. The van der Waals surface area contributed by atoms with Crippen molar-refractivity contribution in [2.75, 3.05) is 32.9 Å². The van der Waals surface area contributed by atoms with Crippen LogP contribution in [0.25, 0.3) is 0 Å². The molecule has 1 fully saturated rings. The van der Waals surface area contributed by atoms with Crippen LogP contribution in [0.4, 0.5) is 5.13 Å². The first-order chi connectivity index (χ1) is 9.47. The lowest BCUT2D eigenvalue weighted by Gasteiger charge is -2.32. The number of rotatable bonds is 3. The zero-order valence-electron chi connectivity index (χ0n) is 11.8. The molecule has 2 amide bonds. The normalized spacial score (nSPS) is 16.2. The molecular weight excluding hydrogens is 276 g/mol. The number of nitrogen functional groups attached to an aromatic ring is 1. The van der Waals surface area contributed by atoms with E-state index in [9.17, 15) is 9.59 Å². The minimum atomic E-state index is 0.0453. The minimum absolute atomic E-state index is 0.0453. The lowest BCUT2D eigenvalue weighted by Crippen LogP contribution is -2.43. The molecule has 2 N–H and O–H groups in total. The van der Waals surface area contributed by atoms with Gasteiger partial charge < -0.3 is 15.5 Å². The van der Waals surface area contributed by atoms with Gasteiger partial charge in [-0.15, -0.1) is 11.3 Å². The number of anilines is 1. The Balaban J connectivity index is 1.84. The number of aromatic nitrogens is 1. The first-order valence-corrected chi connectivity index (χ1v) is 7.54. The fraction of sp³-hybridized carbons (Fsp3) is 0.615. The van der Waals surface area contributed by atoms with Crippen LogP contribution in [-0.4, -0.2) is 53.8 Å². The average molecular weight is 296 g/mol. The van der Waals surface area contributed by atoms with Crippen molar-refractivity contribution in [2.45, 2.75) is 19.3 Å². The highest BCUT2D eigenvalue weighted by atomic mass is 32.1. The van der Waals surface area contributed by atoms with Crippen LogP contribution in [-0.2, 0) is 16.0 Å². The van der Waals surface area contributed by atoms with Gasteiger partial charge in [-0.25, -0.2) is 4.98 Å². The van der Waals surface area contributed by atoms with Crippen LogP contribution in [0.3, 0.4) is 0 Å². The number of amides is 2. The maximum absolute atomic E-state index is 12.1. The van der Waals surface area contributed by atoms with Crippen molar-refractivity contribution in [3.05, 3.63) is 11.1 Å². The van der Waals surface area contributed by atoms with E-state index < -0.39 is 0 Å². The van der Waals surface area contributed by atoms with E-state index in [2.05, 4.69) is 4.98 Å². The smallest absolute Gasteiger partial charge is 0.228 e. The van der Waals surface area contributed by atoms with Gasteiger partial charge in [0.25, 0.3) is 0 Å². The molecule has 6 nitrogen and oxygen atoms in total. The molecule has 0 bridgehead atoms. The van der Waals surface area contributed by atoms with Crippen LogP contribution in [0.1, 0.15) is 18.5 Å². The van der Waals surface area contributed by atoms with Gasteiger partial charge in [-0.3, -0.25) is 9.59 Å². The van der Waals surface area contributed by atoms with Gasteiger partial charge in [0.1, 0.15) is 0 Å². The molecule has 0 aliphatic carbocycles. The molecule has 1 aliphatic rings. The highest BCUT2D eigenvalue weighted by molar-refractivity contribution is 7.13. The third kappa shape index (κ3) is 3.47. The van der Waals surface area contributed by atoms with Gasteiger partial charge >= 0.3 is 0 Å². The van der Waals surface area contributed by atoms with E-state index in [1.54, 1.807) is 19.0 Å². The molecule has 7 heteroatoms. The number of carbonyl (C=O) groups excluding carboxylic acids is 2. The fourth-order valence-electron chi connectivity index (χ4n) is 2.41. The first-order valence-electron chi connectivity index (χ1n) is 6.66. The molecular formula is C13H20N4O2S. The molecule has 1 saturated heterocycles. The number of hydrogen-bond acceptors (Lipinski definition) is 5. The molecule has 1 aromatic heterocycles. The third-order valence-corrected chi connectivity index (χ3v) is 4.26. The quantitative estimate of drug-likeness (QED) is 0.885. The van der Waals surface area contributed by atoms with E-state index in [1.165, 1.54) is 11.3 Å². The predicted octanol–water partition coefficient (Wildman–Crippen LogP) is 0.595. The molecule has 0 aromatic carbocycles. The predicted molar refractivity (Wildman–Crippen MR) is 78.2 cm³/mol. The highest BCUT2D eigenvalue weighted by Crippen LogP contribution is 2.20. The van der Waals surface area contributed by atoms with Crippen LogP contribution in [0, 0.1) is 5.92 Å². The summed E-state index contributed by atoms with van der Waals surface area (Å²) in [6.45, 7) is 1.28. The van der Waals surface area contributed by atoms with Crippen molar-refractivity contribution >= 4 is 28.3 Å². The van der Waals surface area contributed by atoms with Crippen molar-refractivity contribution in [1.82, 2.24) is 14.8 Å². The molecule has 0 spiro atoms. The van der Waals surface area contributed by atoms with Gasteiger partial charge in [0.15, 0.2) is 5.13 Å². The molecule has 2 rings (SSSR count). The standard InChI is InChI=1S/C13H20N4O2S/c1-16(2)12(19)9-3-5-17(6-4-9)11(18)7-10-8-20-13(14)15-10/h8-9H,3-7H2,1-2H3,(H2,14,15). The van der Waals surface area contributed by atoms with E-state index in [4.69, 9.17) is 5.73 Å². The largest absolute Gasteiger partial charge is 0.375 e. The summed E-state index contributed by atoms with van der Waals surface area (Å²) in [5.41, 5.74) is 6.28. The van der Waals surface area contributed by atoms with Crippen molar-refractivity contribution in [2.24, 2.45) is 5.92 Å². The Hall–Kier alpha value is -1.63. The van der Waals surface area contributed by atoms with Crippen molar-refractivity contribution in [3.63, 3.8) is 0 Å². The van der Waals surface area contributed by atoms with Crippen LogP contribution in [0.5, 0.6) is 0 Å². The number of thiazole rings is 1. The monoisotopic (exact) mass is 296 g/mol. The van der Waals surface area contributed by atoms with Gasteiger partial charge in [-0.1, -0.05) is 0 Å². The Labute approximate surface area is 122 Å². The Bertz CT molecular complexity index is 492. The van der Waals surface area contributed by atoms with Crippen LogP contribution < -0.4 is 5.73 Å². The number of nitrogens with zero attached hydrogens (tertiary/aromatic N) is 3. The second kappa shape index (κ2) is 6.21. The summed E-state index contributed by atoms with van der Waals surface area (Å²) in [5, 5.41) is 2.30. The number of piperidine rings is 1. The van der Waals surface area contributed by atoms with Gasteiger partial charge in [-0.2, -0.15) is 0 Å². The van der Waals surface area contributed by atoms with Gasteiger partial charge in [-0.05, 0) is 12.8 Å². The van der Waals surface area contributed by atoms with E-state index in [0.29, 0.717) is 24.6 Å². The second-order valence-corrected chi connectivity index (χ2v) is 6.13. The highest BCUT2D eigenvalue weighted by Gasteiger charge is 2.28. The average Bonchev–Trinajstić information content (AvgIpc) is 2.83. The Morgan fingerprint density at radius 1 is 1.45 bits per heavy atom. The van der Waals surface area contributed by atoms with Crippen molar-refractivity contribution in [3.8, 4) is 0 Å². The van der Waals surface area contributed by atoms with E-state index >= 15 is 0 Å². The van der Waals surface area contributed by atoms with Crippen LogP contribution >= 0.6 is 11.3 Å². The molecule has 1 aliphatic heterocycles. The van der Waals surface area contributed by atoms with E-state index in [0.717, 1.165) is 18.5 Å². The lowest BCUT2D eigenvalue weighted by molar-refractivity contribution is -0.138. The summed E-state index contributed by atoms with van der Waals surface area (Å²) in [6, 6.07) is 0. The molecule has 0 unspecified atom stereocenters. The number of likely N-dealkylation sites (tertiary alicyclic amines) is 1. The maximum Gasteiger partial charge on any atom is 0.228 e. The summed E-state index contributed by atoms with van der Waals surface area (Å²) in [5.74, 6) is 0.263. The number of nitrogens with two attached hydrogens (primary N) is 1. The minimum Gasteiger partial charge on any atom is -0.375 e. The Morgan fingerprint density at radius 3 is 2.60 bits per heavy atom. The topological polar surface area (TPSA) is 79.5 Å². The number of hydrogen-bond donors (Lipinski definition) is 1. The van der Waals surface area contributed by atoms with Crippen molar-refractivity contribution < 1.29 is 9.59 Å². The molecule has 1 aromatic rings. The zero-order chi connectivity index (χ0) is 14.7. The van der Waals surface area contributed by atoms with E-state index in [1.807, 2.05) is 10.3 Å². The Morgan fingerprint density at radius 2 is 2.10 bits per heavy atom. The fourth-order valence-corrected chi connectivity index (χ4v) is 2.97. The Kier molecular flexibility index (Phi) is 4.59. The van der Waals surface area contributed by atoms with Gasteiger partial charge in [0.2, 0.25) is 11.8 Å². The SMILES string of the molecule is CN(C)C(=O)C1CCN(C(=O)Cc2csc(N)n2)CC1. The van der Waals surface area contributed by atoms with Gasteiger partial charge in [0.05, 0.1) is 12.1 Å². The summed E-state index contributed by atoms with van der Waals surface area (Å²) < 4.78 is 0. The van der Waals surface area contributed by atoms with Crippen LogP contribution in [0.2, 0.25) is 0 Å². The number of carbonyl (C=O) groups is 2. The molecule has 0 radical (unpaired) electrons. The first kappa shape index (κ1) is 14.8. The van der Waals surface area contributed by atoms with Crippen LogP contribution in [0.15, 0.2) is 5.38 Å². The lowest BCUT2D eigenvalue weighted by atomic mass is 9.95. The molecule has 0 atom stereocenters. The third-order valence-electron chi connectivity index (χ3n) is 3.54. The summed E-state index contributed by atoms with van der Waals surface area (Å²) >= 11 is 1.35. The van der Waals surface area contributed by atoms with Gasteiger partial charge in [0, 0.05) is 38.5 Å². The van der Waals surface area contributed by atoms with E-state index in [-0.39, 0.29) is 17.7 Å².